The Kier molecular flexibility index (Phi) is 4.72. The van der Waals surface area contributed by atoms with Crippen LogP contribution in [0.3, 0.4) is 0 Å². The summed E-state index contributed by atoms with van der Waals surface area (Å²) in [5, 5.41) is 50.3. The van der Waals surface area contributed by atoms with Crippen LogP contribution in [0.4, 0.5) is 0 Å². The average molecular weight is 372 g/mol. The number of carbonyl (C=O) groups excluding carboxylic acids is 1. The average Bonchev–Trinajstić information content (AvgIpc) is 2.57. The minimum atomic E-state index is -1.68. The van der Waals surface area contributed by atoms with Crippen molar-refractivity contribution < 1.29 is 35.1 Å². The molecule has 2 atom stereocenters. The molecular formula is C20H20O7. The zero-order valence-electron chi connectivity index (χ0n) is 14.8. The fourth-order valence-corrected chi connectivity index (χ4v) is 3.03. The lowest BCUT2D eigenvalue weighted by Crippen LogP contribution is -2.36. The van der Waals surface area contributed by atoms with Crippen LogP contribution in [-0.2, 0) is 6.42 Å². The van der Waals surface area contributed by atoms with Gasteiger partial charge in [-0.15, -0.1) is 0 Å². The maximum Gasteiger partial charge on any atom is 0.202 e. The van der Waals surface area contributed by atoms with Crippen molar-refractivity contribution in [2.24, 2.45) is 0 Å². The van der Waals surface area contributed by atoms with Gasteiger partial charge in [0.1, 0.15) is 34.3 Å². The number of carbonyl (C=O) groups is 1. The molecule has 0 spiro atoms. The lowest BCUT2D eigenvalue weighted by atomic mass is 9.90. The number of aromatic hydroxyl groups is 4. The molecule has 7 nitrogen and oxygen atoms in total. The summed E-state index contributed by atoms with van der Waals surface area (Å²) in [5.74, 6) is -2.12. The summed E-state index contributed by atoms with van der Waals surface area (Å²) in [6, 6.07) is 4.72. The van der Waals surface area contributed by atoms with E-state index in [1.807, 2.05) is 19.9 Å². The first-order valence-electron chi connectivity index (χ1n) is 8.32. The molecule has 142 valence electrons. The van der Waals surface area contributed by atoms with Crippen LogP contribution in [-0.4, -0.2) is 37.4 Å². The molecule has 0 saturated heterocycles. The number of ether oxygens (including phenoxy) is 1. The van der Waals surface area contributed by atoms with E-state index in [4.69, 9.17) is 4.74 Å². The van der Waals surface area contributed by atoms with Crippen molar-refractivity contribution in [2.45, 2.75) is 32.5 Å². The second-order valence-corrected chi connectivity index (χ2v) is 6.67. The van der Waals surface area contributed by atoms with Crippen LogP contribution in [0.2, 0.25) is 0 Å². The van der Waals surface area contributed by atoms with Crippen LogP contribution in [0.1, 0.15) is 41.4 Å². The number of rotatable bonds is 3. The van der Waals surface area contributed by atoms with E-state index in [2.05, 4.69) is 0 Å². The third kappa shape index (κ3) is 3.29. The lowest BCUT2D eigenvalue weighted by Gasteiger charge is -2.32. The predicted octanol–water partition coefficient (Wildman–Crippen LogP) is 2.70. The Labute approximate surface area is 155 Å². The van der Waals surface area contributed by atoms with Gasteiger partial charge in [-0.3, -0.25) is 4.79 Å². The number of fused-ring (bicyclic) bond motifs is 1. The number of Topliss-reactive ketones (excluding diaryl/α,β-unsaturated/α-hetero) is 1. The maximum atomic E-state index is 12.7. The highest BCUT2D eigenvalue weighted by Gasteiger charge is 2.41. The monoisotopic (exact) mass is 372 g/mol. The summed E-state index contributed by atoms with van der Waals surface area (Å²) < 4.78 is 5.78. The van der Waals surface area contributed by atoms with Gasteiger partial charge in [0.15, 0.2) is 12.2 Å². The van der Waals surface area contributed by atoms with Crippen LogP contribution in [0.15, 0.2) is 35.9 Å². The molecule has 0 aliphatic carbocycles. The summed E-state index contributed by atoms with van der Waals surface area (Å²) in [6.45, 7) is 3.74. The van der Waals surface area contributed by atoms with Crippen LogP contribution in [0.25, 0.3) is 0 Å². The van der Waals surface area contributed by atoms with Gasteiger partial charge in [0.25, 0.3) is 0 Å². The topological polar surface area (TPSA) is 127 Å². The van der Waals surface area contributed by atoms with E-state index in [1.165, 1.54) is 12.1 Å². The quantitative estimate of drug-likeness (QED) is 0.524. The number of ketones is 1. The number of aliphatic hydroxyl groups is 1. The molecular weight excluding hydrogens is 352 g/mol. The van der Waals surface area contributed by atoms with Gasteiger partial charge in [0.2, 0.25) is 5.78 Å². The molecule has 0 fully saturated rings. The highest BCUT2D eigenvalue weighted by atomic mass is 16.5. The van der Waals surface area contributed by atoms with Crippen LogP contribution in [0, 0.1) is 0 Å². The molecule has 3 rings (SSSR count). The molecule has 0 bridgehead atoms. The lowest BCUT2D eigenvalue weighted by molar-refractivity contribution is 0.0199. The minimum Gasteiger partial charge on any atom is -0.508 e. The van der Waals surface area contributed by atoms with Crippen molar-refractivity contribution in [3.05, 3.63) is 52.6 Å². The second-order valence-electron chi connectivity index (χ2n) is 6.67. The Bertz CT molecular complexity index is 942. The van der Waals surface area contributed by atoms with E-state index in [1.54, 1.807) is 0 Å². The Morgan fingerprint density at radius 2 is 1.78 bits per heavy atom. The van der Waals surface area contributed by atoms with Gasteiger partial charge in [-0.2, -0.15) is 0 Å². The molecule has 0 aromatic heterocycles. The third-order valence-electron chi connectivity index (χ3n) is 4.42. The Morgan fingerprint density at radius 3 is 2.41 bits per heavy atom. The summed E-state index contributed by atoms with van der Waals surface area (Å²) in [5.41, 5.74) is 1.14. The fourth-order valence-electron chi connectivity index (χ4n) is 3.03. The van der Waals surface area contributed by atoms with E-state index < -0.39 is 23.7 Å². The number of benzene rings is 2. The van der Waals surface area contributed by atoms with E-state index >= 15 is 0 Å². The van der Waals surface area contributed by atoms with E-state index in [-0.39, 0.29) is 46.1 Å². The Hall–Kier alpha value is -3.19. The molecule has 2 aromatic rings. The number of aliphatic hydroxyl groups excluding tert-OH is 1. The van der Waals surface area contributed by atoms with Crippen LogP contribution >= 0.6 is 0 Å². The molecule has 5 N–H and O–H groups in total. The molecule has 27 heavy (non-hydrogen) atoms. The first kappa shape index (κ1) is 18.6. The van der Waals surface area contributed by atoms with Crippen molar-refractivity contribution in [1.82, 2.24) is 0 Å². The largest absolute Gasteiger partial charge is 0.508 e. The summed E-state index contributed by atoms with van der Waals surface area (Å²) in [7, 11) is 0. The second kappa shape index (κ2) is 6.85. The van der Waals surface area contributed by atoms with E-state index in [9.17, 15) is 30.3 Å². The zero-order valence-corrected chi connectivity index (χ0v) is 14.8. The smallest absolute Gasteiger partial charge is 0.202 e. The Morgan fingerprint density at radius 1 is 1.07 bits per heavy atom. The van der Waals surface area contributed by atoms with Crippen molar-refractivity contribution >= 4 is 5.78 Å². The van der Waals surface area contributed by atoms with Gasteiger partial charge >= 0.3 is 0 Å². The van der Waals surface area contributed by atoms with Gasteiger partial charge in [-0.25, -0.2) is 0 Å². The van der Waals surface area contributed by atoms with Crippen molar-refractivity contribution in [1.29, 1.82) is 0 Å². The minimum absolute atomic E-state index is 0.0437. The number of hydrogen-bond acceptors (Lipinski definition) is 7. The normalized spacial score (nSPS) is 18.6. The number of allylic oxidation sites excluding steroid dienone is 2. The number of hydrogen-bond donors (Lipinski definition) is 5. The van der Waals surface area contributed by atoms with Gasteiger partial charge in [-0.1, -0.05) is 11.6 Å². The van der Waals surface area contributed by atoms with Gasteiger partial charge < -0.3 is 30.3 Å². The Balaban J connectivity index is 2.16. The molecule has 1 heterocycles. The molecule has 0 radical (unpaired) electrons. The summed E-state index contributed by atoms with van der Waals surface area (Å²) in [4.78, 5) is 12.7. The number of phenols is 4. The highest BCUT2D eigenvalue weighted by Crippen LogP contribution is 2.46. The van der Waals surface area contributed by atoms with Crippen LogP contribution in [0.5, 0.6) is 28.7 Å². The van der Waals surface area contributed by atoms with Crippen molar-refractivity contribution in [3.63, 3.8) is 0 Å². The molecule has 0 unspecified atom stereocenters. The highest BCUT2D eigenvalue weighted by molar-refractivity contribution is 6.06. The van der Waals surface area contributed by atoms with Gasteiger partial charge in [0, 0.05) is 23.3 Å². The molecule has 1 aliphatic heterocycles. The van der Waals surface area contributed by atoms with Crippen LogP contribution < -0.4 is 4.74 Å². The van der Waals surface area contributed by atoms with Gasteiger partial charge in [0.05, 0.1) is 0 Å². The van der Waals surface area contributed by atoms with Crippen molar-refractivity contribution in [3.8, 4) is 28.7 Å². The standard InChI is InChI=1S/C20H20O7/c1-9(2)3-5-11-14(23)8-15(24)16-17(25)18(26)20(27-19(11)16)12-6-4-10(21)7-13(12)22/h3-4,6-8,18,20-24,26H,5H2,1-2H3/t18-,20-/m1/s1. The van der Waals surface area contributed by atoms with E-state index in [0.717, 1.165) is 17.7 Å². The van der Waals surface area contributed by atoms with E-state index in [0.29, 0.717) is 0 Å². The number of phenolic OH excluding ortho intramolecular Hbond substituents is 4. The molecule has 0 amide bonds. The van der Waals surface area contributed by atoms with Crippen molar-refractivity contribution in [2.75, 3.05) is 0 Å². The zero-order chi connectivity index (χ0) is 19.9. The third-order valence-corrected chi connectivity index (χ3v) is 4.42. The maximum absolute atomic E-state index is 12.7. The summed E-state index contributed by atoms with van der Waals surface area (Å²) in [6.07, 6.45) is -0.885. The molecule has 2 aromatic carbocycles. The SMILES string of the molecule is CC(C)=CCc1c(O)cc(O)c2c1O[C@H](c1ccc(O)cc1O)[C@H](O)C2=O. The predicted molar refractivity (Wildman–Crippen MR) is 96.4 cm³/mol. The fraction of sp³-hybridized carbons (Fsp3) is 0.250. The first-order valence-corrected chi connectivity index (χ1v) is 8.32. The molecule has 0 saturated carbocycles. The molecule has 7 heteroatoms. The molecule has 1 aliphatic rings. The summed E-state index contributed by atoms with van der Waals surface area (Å²) >= 11 is 0. The first-order chi connectivity index (χ1) is 12.7. The van der Waals surface area contributed by atoms with Gasteiger partial charge in [-0.05, 0) is 32.4 Å².